The molecule has 2 aromatic carbocycles. The third-order valence-corrected chi connectivity index (χ3v) is 3.64. The van der Waals surface area contributed by atoms with E-state index in [9.17, 15) is 4.79 Å². The van der Waals surface area contributed by atoms with Crippen LogP contribution in [0, 0.1) is 5.92 Å². The molecule has 0 spiro atoms. The Kier molecular flexibility index (Phi) is 7.41. The lowest BCUT2D eigenvalue weighted by molar-refractivity contribution is -0.120. The zero-order chi connectivity index (χ0) is 18.1. The molecular formula is C20H24N2O2S. The normalized spacial score (nSPS) is 10.4. The minimum atomic E-state index is -0.0808. The van der Waals surface area contributed by atoms with Crippen LogP contribution in [-0.4, -0.2) is 17.6 Å². The highest BCUT2D eigenvalue weighted by atomic mass is 32.1. The van der Waals surface area contributed by atoms with Crippen LogP contribution in [0.3, 0.4) is 0 Å². The fourth-order valence-corrected chi connectivity index (χ4v) is 2.54. The number of nitrogens with one attached hydrogen (secondary N) is 2. The molecule has 0 aliphatic rings. The third-order valence-electron chi connectivity index (χ3n) is 3.44. The van der Waals surface area contributed by atoms with Crippen molar-refractivity contribution in [1.29, 1.82) is 0 Å². The fourth-order valence-electron chi connectivity index (χ4n) is 2.31. The van der Waals surface area contributed by atoms with Gasteiger partial charge in [-0.1, -0.05) is 50.2 Å². The highest BCUT2D eigenvalue weighted by molar-refractivity contribution is 7.80. The molecule has 2 aromatic rings. The third kappa shape index (κ3) is 7.35. The average Bonchev–Trinajstić information content (AvgIpc) is 2.55. The van der Waals surface area contributed by atoms with Crippen molar-refractivity contribution < 1.29 is 9.53 Å². The zero-order valence-corrected chi connectivity index (χ0v) is 15.4. The van der Waals surface area contributed by atoms with Crippen LogP contribution < -0.4 is 15.4 Å². The summed E-state index contributed by atoms with van der Waals surface area (Å²) in [5, 5.41) is 6.00. The Bertz CT molecular complexity index is 702. The lowest BCUT2D eigenvalue weighted by atomic mass is 10.1. The second kappa shape index (κ2) is 9.79. The molecule has 0 aliphatic carbocycles. The molecular weight excluding hydrogens is 332 g/mol. The van der Waals surface area contributed by atoms with Gasteiger partial charge in [-0.2, -0.15) is 0 Å². The molecule has 1 amide bonds. The smallest absolute Gasteiger partial charge is 0.226 e. The molecule has 0 radical (unpaired) electrons. The van der Waals surface area contributed by atoms with Crippen LogP contribution in [-0.2, 0) is 11.2 Å². The van der Waals surface area contributed by atoms with Crippen molar-refractivity contribution >= 4 is 28.9 Å². The number of carbonyl (C=O) groups excluding carboxylic acids is 1. The molecule has 4 nitrogen and oxygen atoms in total. The van der Waals surface area contributed by atoms with Crippen LogP contribution in [0.5, 0.6) is 5.75 Å². The molecule has 0 unspecified atom stereocenters. The Hall–Kier alpha value is -2.40. The molecule has 25 heavy (non-hydrogen) atoms. The summed E-state index contributed by atoms with van der Waals surface area (Å²) in [5.41, 5.74) is 2.03. The van der Waals surface area contributed by atoms with E-state index in [-0.39, 0.29) is 5.91 Å². The van der Waals surface area contributed by atoms with Crippen molar-refractivity contribution in [3.8, 4) is 5.75 Å². The Morgan fingerprint density at radius 2 is 1.88 bits per heavy atom. The first kappa shape index (κ1) is 18.9. The van der Waals surface area contributed by atoms with E-state index >= 15 is 0 Å². The summed E-state index contributed by atoms with van der Waals surface area (Å²) in [6.07, 6.45) is 1.30. The number of ether oxygens (including phenoxy) is 1. The fraction of sp³-hybridized carbons (Fsp3) is 0.300. The van der Waals surface area contributed by atoms with Gasteiger partial charge in [-0.3, -0.25) is 4.79 Å². The highest BCUT2D eigenvalue weighted by Gasteiger charge is 2.07. The first-order valence-corrected chi connectivity index (χ1v) is 8.81. The molecule has 2 N–H and O–H groups in total. The minimum absolute atomic E-state index is 0.0808. The Balaban J connectivity index is 1.82. The SMILES string of the molecule is CC(C)CC(=O)NC(=S)Nc1cccc(OCCc2ccccc2)c1. The van der Waals surface area contributed by atoms with Crippen LogP contribution >= 0.6 is 12.2 Å². The average molecular weight is 356 g/mol. The van der Waals surface area contributed by atoms with E-state index in [4.69, 9.17) is 17.0 Å². The minimum Gasteiger partial charge on any atom is -0.493 e. The maximum Gasteiger partial charge on any atom is 0.226 e. The molecule has 0 atom stereocenters. The first-order valence-electron chi connectivity index (χ1n) is 8.40. The number of hydrogen-bond donors (Lipinski definition) is 2. The molecule has 0 bridgehead atoms. The van der Waals surface area contributed by atoms with Gasteiger partial charge in [0.25, 0.3) is 0 Å². The summed E-state index contributed by atoms with van der Waals surface area (Å²) >= 11 is 5.18. The molecule has 0 saturated heterocycles. The zero-order valence-electron chi connectivity index (χ0n) is 14.6. The Labute approximate surface area is 154 Å². The number of benzene rings is 2. The molecule has 2 rings (SSSR count). The van der Waals surface area contributed by atoms with Crippen LogP contribution in [0.15, 0.2) is 54.6 Å². The van der Waals surface area contributed by atoms with Crippen molar-refractivity contribution in [3.05, 3.63) is 60.2 Å². The van der Waals surface area contributed by atoms with Gasteiger partial charge in [0, 0.05) is 24.6 Å². The predicted molar refractivity (Wildman–Crippen MR) is 106 cm³/mol. The largest absolute Gasteiger partial charge is 0.493 e. The van der Waals surface area contributed by atoms with Gasteiger partial charge < -0.3 is 15.4 Å². The second-order valence-electron chi connectivity index (χ2n) is 6.21. The maximum absolute atomic E-state index is 11.7. The summed E-state index contributed by atoms with van der Waals surface area (Å²) in [6.45, 7) is 4.58. The van der Waals surface area contributed by atoms with Gasteiger partial charge in [0.1, 0.15) is 5.75 Å². The molecule has 0 aliphatic heterocycles. The van der Waals surface area contributed by atoms with Gasteiger partial charge in [0.2, 0.25) is 5.91 Å². The van der Waals surface area contributed by atoms with Gasteiger partial charge in [-0.05, 0) is 35.8 Å². The Morgan fingerprint density at radius 3 is 2.60 bits per heavy atom. The number of hydrogen-bond acceptors (Lipinski definition) is 3. The lowest BCUT2D eigenvalue weighted by Gasteiger charge is -2.12. The van der Waals surface area contributed by atoms with Crippen molar-refractivity contribution in [1.82, 2.24) is 5.32 Å². The highest BCUT2D eigenvalue weighted by Crippen LogP contribution is 2.17. The van der Waals surface area contributed by atoms with E-state index in [0.29, 0.717) is 24.1 Å². The van der Waals surface area contributed by atoms with Gasteiger partial charge in [-0.15, -0.1) is 0 Å². The molecule has 0 aromatic heterocycles. The van der Waals surface area contributed by atoms with E-state index in [1.807, 2.05) is 56.3 Å². The van der Waals surface area contributed by atoms with E-state index in [0.717, 1.165) is 17.9 Å². The summed E-state index contributed by atoms with van der Waals surface area (Å²) in [5.74, 6) is 0.976. The summed E-state index contributed by atoms with van der Waals surface area (Å²) in [6, 6.07) is 17.7. The topological polar surface area (TPSA) is 50.4 Å². The van der Waals surface area contributed by atoms with Gasteiger partial charge >= 0.3 is 0 Å². The van der Waals surface area contributed by atoms with Crippen LogP contribution in [0.4, 0.5) is 5.69 Å². The van der Waals surface area contributed by atoms with Crippen molar-refractivity contribution in [3.63, 3.8) is 0 Å². The summed E-state index contributed by atoms with van der Waals surface area (Å²) in [7, 11) is 0. The van der Waals surface area contributed by atoms with Gasteiger partial charge in [-0.25, -0.2) is 0 Å². The Morgan fingerprint density at radius 1 is 1.12 bits per heavy atom. The number of amides is 1. The molecule has 0 fully saturated rings. The molecule has 5 heteroatoms. The number of anilines is 1. The van der Waals surface area contributed by atoms with Crippen LogP contribution in [0.1, 0.15) is 25.8 Å². The van der Waals surface area contributed by atoms with Crippen molar-refractivity contribution in [2.45, 2.75) is 26.7 Å². The molecule has 0 saturated carbocycles. The first-order chi connectivity index (χ1) is 12.0. The van der Waals surface area contributed by atoms with E-state index < -0.39 is 0 Å². The quantitative estimate of drug-likeness (QED) is 0.731. The van der Waals surface area contributed by atoms with E-state index in [1.165, 1.54) is 5.56 Å². The van der Waals surface area contributed by atoms with Crippen molar-refractivity contribution in [2.24, 2.45) is 5.92 Å². The predicted octanol–water partition coefficient (Wildman–Crippen LogP) is 4.17. The monoisotopic (exact) mass is 356 g/mol. The molecule has 132 valence electrons. The van der Waals surface area contributed by atoms with Gasteiger partial charge in [0.15, 0.2) is 5.11 Å². The van der Waals surface area contributed by atoms with Crippen LogP contribution in [0.2, 0.25) is 0 Å². The van der Waals surface area contributed by atoms with Crippen molar-refractivity contribution in [2.75, 3.05) is 11.9 Å². The van der Waals surface area contributed by atoms with Crippen LogP contribution in [0.25, 0.3) is 0 Å². The number of thiocarbonyl (C=S) groups is 1. The number of carbonyl (C=O) groups is 1. The second-order valence-corrected chi connectivity index (χ2v) is 6.62. The number of rotatable bonds is 7. The van der Waals surface area contributed by atoms with Gasteiger partial charge in [0.05, 0.1) is 6.61 Å². The summed E-state index contributed by atoms with van der Waals surface area (Å²) in [4.78, 5) is 11.7. The maximum atomic E-state index is 11.7. The standard InChI is InChI=1S/C20H24N2O2S/c1-15(2)13-19(23)22-20(25)21-17-9-6-10-18(14-17)24-12-11-16-7-4-3-5-8-16/h3-10,14-15H,11-13H2,1-2H3,(H2,21,22,23,25). The van der Waals surface area contributed by atoms with E-state index in [2.05, 4.69) is 22.8 Å². The molecule has 0 heterocycles. The lowest BCUT2D eigenvalue weighted by Crippen LogP contribution is -2.34. The van der Waals surface area contributed by atoms with E-state index in [1.54, 1.807) is 0 Å². The summed E-state index contributed by atoms with van der Waals surface area (Å²) < 4.78 is 5.80.